The summed E-state index contributed by atoms with van der Waals surface area (Å²) in [4.78, 5) is 27.1. The third-order valence-corrected chi connectivity index (χ3v) is 7.57. The molecule has 1 N–H and O–H groups in total. The molecule has 0 spiro atoms. The Labute approximate surface area is 242 Å². The molecule has 0 radical (unpaired) electrons. The highest BCUT2D eigenvalue weighted by Crippen LogP contribution is 2.35. The Hall–Kier alpha value is -1.80. The Morgan fingerprint density at radius 3 is 2.43 bits per heavy atom. The Balaban J connectivity index is 1.63. The van der Waals surface area contributed by atoms with Crippen LogP contribution in [0.3, 0.4) is 0 Å². The highest BCUT2D eigenvalue weighted by Gasteiger charge is 2.35. The van der Waals surface area contributed by atoms with Gasteiger partial charge in [0.15, 0.2) is 5.11 Å². The summed E-state index contributed by atoms with van der Waals surface area (Å²) < 4.78 is 20.9. The monoisotopic (exact) mass is 752 g/mol. The Morgan fingerprint density at radius 1 is 1.06 bits per heavy atom. The van der Waals surface area contributed by atoms with E-state index in [1.807, 2.05) is 0 Å². The van der Waals surface area contributed by atoms with Crippen LogP contribution in [0.15, 0.2) is 60.2 Å². The van der Waals surface area contributed by atoms with Gasteiger partial charge in [0.25, 0.3) is 11.8 Å². The fraction of sp³-hybridized carbons (Fsp3) is 0.0417. The number of nitrogens with one attached hydrogen (secondary N) is 1. The molecule has 178 valence electrons. The minimum absolute atomic E-state index is 0.0911. The average Bonchev–Trinajstić information content (AvgIpc) is 2.79. The number of ether oxygens (including phenoxy) is 1. The van der Waals surface area contributed by atoms with E-state index in [2.05, 4.69) is 50.5 Å². The molecule has 2 amide bonds. The molecular weight excluding hydrogens is 740 g/mol. The molecule has 11 heteroatoms. The van der Waals surface area contributed by atoms with Crippen LogP contribution in [0.4, 0.5) is 10.1 Å². The van der Waals surface area contributed by atoms with E-state index >= 15 is 0 Å². The molecule has 1 aliphatic rings. The van der Waals surface area contributed by atoms with E-state index < -0.39 is 11.8 Å². The van der Waals surface area contributed by atoms with E-state index in [1.54, 1.807) is 42.5 Å². The van der Waals surface area contributed by atoms with Crippen molar-refractivity contribution in [3.05, 3.63) is 94.3 Å². The molecule has 0 unspecified atom stereocenters. The first kappa shape index (κ1) is 26.3. The van der Waals surface area contributed by atoms with Crippen molar-refractivity contribution in [1.29, 1.82) is 0 Å². The number of thiocarbonyl (C=S) groups is 1. The van der Waals surface area contributed by atoms with Crippen molar-refractivity contribution >= 4 is 109 Å². The van der Waals surface area contributed by atoms with Gasteiger partial charge in [0.05, 0.1) is 22.9 Å². The van der Waals surface area contributed by atoms with E-state index in [4.69, 9.17) is 40.2 Å². The van der Waals surface area contributed by atoms with Crippen LogP contribution >= 0.6 is 80.6 Å². The van der Waals surface area contributed by atoms with Gasteiger partial charge in [-0.1, -0.05) is 41.4 Å². The van der Waals surface area contributed by atoms with Gasteiger partial charge in [-0.2, -0.15) is 0 Å². The molecular formula is C24H13Cl2FI2N2O3S. The van der Waals surface area contributed by atoms with Gasteiger partial charge in [-0.05, 0) is 111 Å². The van der Waals surface area contributed by atoms with Crippen molar-refractivity contribution < 1.29 is 18.7 Å². The third-order valence-electron chi connectivity index (χ3n) is 4.88. The van der Waals surface area contributed by atoms with E-state index in [9.17, 15) is 14.0 Å². The zero-order chi connectivity index (χ0) is 25.3. The van der Waals surface area contributed by atoms with Crippen molar-refractivity contribution in [3.8, 4) is 5.75 Å². The van der Waals surface area contributed by atoms with Crippen molar-refractivity contribution in [2.24, 2.45) is 0 Å². The fourth-order valence-corrected chi connectivity index (χ4v) is 6.07. The predicted octanol–water partition coefficient (Wildman–Crippen LogP) is 6.75. The minimum Gasteiger partial charge on any atom is -0.487 e. The molecule has 0 aliphatic carbocycles. The van der Waals surface area contributed by atoms with Crippen LogP contribution in [0.2, 0.25) is 10.0 Å². The maximum absolute atomic E-state index is 13.4. The first-order valence-electron chi connectivity index (χ1n) is 9.87. The van der Waals surface area contributed by atoms with Crippen LogP contribution in [-0.4, -0.2) is 16.9 Å². The standard InChI is InChI=1S/C24H13Cl2FI2N2O3S/c25-16-5-2-6-19(20(16)26)31-23(33)15(22(32)30-24(31)35)8-13-9-17(28)21(18(29)10-13)34-11-12-3-1-4-14(27)7-12/h1-10H,11H2,(H,30,32,35)/b15-8+. The molecule has 1 saturated heterocycles. The molecule has 35 heavy (non-hydrogen) atoms. The average molecular weight is 753 g/mol. The second-order valence-electron chi connectivity index (χ2n) is 7.26. The van der Waals surface area contributed by atoms with Gasteiger partial charge in [-0.3, -0.25) is 19.8 Å². The zero-order valence-electron chi connectivity index (χ0n) is 17.5. The van der Waals surface area contributed by atoms with Crippen LogP contribution < -0.4 is 15.0 Å². The molecule has 3 aromatic carbocycles. The van der Waals surface area contributed by atoms with Crippen LogP contribution in [0.25, 0.3) is 6.08 Å². The van der Waals surface area contributed by atoms with Crippen LogP contribution in [-0.2, 0) is 16.2 Å². The lowest BCUT2D eigenvalue weighted by atomic mass is 10.1. The highest BCUT2D eigenvalue weighted by molar-refractivity contribution is 14.1. The number of nitrogens with zero attached hydrogens (tertiary/aromatic N) is 1. The first-order chi connectivity index (χ1) is 16.7. The summed E-state index contributed by atoms with van der Waals surface area (Å²) in [6, 6.07) is 14.5. The second kappa shape index (κ2) is 11.1. The SMILES string of the molecule is O=C1NC(=S)N(c2cccc(Cl)c2Cl)C(=O)/C1=C/c1cc(I)c(OCc2cccc(F)c2)c(I)c1. The zero-order valence-corrected chi connectivity index (χ0v) is 24.1. The van der Waals surface area contributed by atoms with Gasteiger partial charge < -0.3 is 4.74 Å². The number of hydrogen-bond acceptors (Lipinski definition) is 4. The molecule has 3 aromatic rings. The van der Waals surface area contributed by atoms with Crippen molar-refractivity contribution in [2.45, 2.75) is 6.61 Å². The number of carbonyl (C=O) groups excluding carboxylic acids is 2. The van der Waals surface area contributed by atoms with Crippen molar-refractivity contribution in [1.82, 2.24) is 5.32 Å². The Kier molecular flexibility index (Phi) is 8.31. The molecule has 0 bridgehead atoms. The van der Waals surface area contributed by atoms with E-state index in [0.29, 0.717) is 16.9 Å². The van der Waals surface area contributed by atoms with Crippen LogP contribution in [0.5, 0.6) is 5.75 Å². The molecule has 1 aliphatic heterocycles. The Bertz CT molecular complexity index is 1390. The maximum atomic E-state index is 13.4. The number of carbonyl (C=O) groups is 2. The fourth-order valence-electron chi connectivity index (χ4n) is 3.29. The number of halogens is 5. The van der Waals surface area contributed by atoms with Gasteiger partial charge in [0, 0.05) is 0 Å². The lowest BCUT2D eigenvalue weighted by Crippen LogP contribution is -2.54. The first-order valence-corrected chi connectivity index (χ1v) is 13.2. The summed E-state index contributed by atoms with van der Waals surface area (Å²) in [6.07, 6.45) is 1.48. The number of hydrogen-bond donors (Lipinski definition) is 1. The van der Waals surface area contributed by atoms with Crippen LogP contribution in [0.1, 0.15) is 11.1 Å². The van der Waals surface area contributed by atoms with Gasteiger partial charge >= 0.3 is 0 Å². The minimum atomic E-state index is -0.626. The van der Waals surface area contributed by atoms with E-state index in [1.165, 1.54) is 18.2 Å². The van der Waals surface area contributed by atoms with Gasteiger partial charge in [-0.25, -0.2) is 4.39 Å². The highest BCUT2D eigenvalue weighted by atomic mass is 127. The molecule has 1 fully saturated rings. The quantitative estimate of drug-likeness (QED) is 0.136. The van der Waals surface area contributed by atoms with Crippen molar-refractivity contribution in [2.75, 3.05) is 4.90 Å². The molecule has 0 atom stereocenters. The van der Waals surface area contributed by atoms with Crippen molar-refractivity contribution in [3.63, 3.8) is 0 Å². The number of rotatable bonds is 5. The van der Waals surface area contributed by atoms with Crippen LogP contribution in [0, 0.1) is 13.0 Å². The molecule has 0 aromatic heterocycles. The second-order valence-corrected chi connectivity index (χ2v) is 10.8. The largest absolute Gasteiger partial charge is 0.487 e. The van der Waals surface area contributed by atoms with E-state index in [0.717, 1.165) is 12.0 Å². The number of amides is 2. The van der Waals surface area contributed by atoms with Gasteiger partial charge in [-0.15, -0.1) is 0 Å². The topological polar surface area (TPSA) is 58.6 Å². The molecule has 5 nitrogen and oxygen atoms in total. The molecule has 0 saturated carbocycles. The number of anilines is 1. The lowest BCUT2D eigenvalue weighted by molar-refractivity contribution is -0.122. The lowest BCUT2D eigenvalue weighted by Gasteiger charge is -2.29. The summed E-state index contributed by atoms with van der Waals surface area (Å²) in [5, 5.41) is 2.83. The molecule has 4 rings (SSSR count). The summed E-state index contributed by atoms with van der Waals surface area (Å²) in [5.41, 5.74) is 1.46. The summed E-state index contributed by atoms with van der Waals surface area (Å²) in [5.74, 6) is -0.962. The summed E-state index contributed by atoms with van der Waals surface area (Å²) in [6.45, 7) is 0.192. The van der Waals surface area contributed by atoms with Gasteiger partial charge in [0.2, 0.25) is 0 Å². The summed E-state index contributed by atoms with van der Waals surface area (Å²) >= 11 is 21.8. The summed E-state index contributed by atoms with van der Waals surface area (Å²) in [7, 11) is 0. The third kappa shape index (κ3) is 5.79. The predicted molar refractivity (Wildman–Crippen MR) is 155 cm³/mol. The smallest absolute Gasteiger partial charge is 0.270 e. The van der Waals surface area contributed by atoms with E-state index in [-0.39, 0.29) is 38.8 Å². The normalized spacial score (nSPS) is 14.9. The maximum Gasteiger partial charge on any atom is 0.270 e. The van der Waals surface area contributed by atoms with Gasteiger partial charge in [0.1, 0.15) is 23.7 Å². The molecule has 1 heterocycles. The Morgan fingerprint density at radius 2 is 1.74 bits per heavy atom. The number of benzene rings is 3.